The molecule has 1 heterocycles. The lowest BCUT2D eigenvalue weighted by Crippen LogP contribution is -2.51. The van der Waals surface area contributed by atoms with E-state index >= 15 is 0 Å². The van der Waals surface area contributed by atoms with Gasteiger partial charge in [0.15, 0.2) is 0 Å². The minimum atomic E-state index is -0.190. The lowest BCUT2D eigenvalue weighted by molar-refractivity contribution is -0.132. The average molecular weight is 268 g/mol. The topological polar surface area (TPSA) is 61.4 Å². The highest BCUT2D eigenvalue weighted by molar-refractivity contribution is 5.83. The van der Waals surface area contributed by atoms with Crippen LogP contribution in [-0.2, 0) is 4.79 Å². The molecule has 3 atom stereocenters. The summed E-state index contributed by atoms with van der Waals surface area (Å²) in [7, 11) is 0. The molecule has 1 aliphatic carbocycles. The Balaban J connectivity index is 1.85. The molecule has 1 saturated carbocycles. The van der Waals surface area contributed by atoms with Crippen LogP contribution in [0.2, 0.25) is 0 Å². The molecule has 0 aromatic heterocycles. The Morgan fingerprint density at radius 3 is 2.89 bits per heavy atom. The number of aliphatic hydroxyl groups is 1. The maximum atomic E-state index is 12.5. The number of hydrogen-bond donors (Lipinski definition) is 3. The van der Waals surface area contributed by atoms with E-state index in [2.05, 4.69) is 17.6 Å². The van der Waals surface area contributed by atoms with Gasteiger partial charge in [-0.2, -0.15) is 0 Å². The van der Waals surface area contributed by atoms with Crippen molar-refractivity contribution in [2.45, 2.75) is 58.0 Å². The second kappa shape index (κ2) is 6.71. The predicted octanol–water partition coefficient (Wildman–Crippen LogP) is 1.43. The van der Waals surface area contributed by atoms with Crippen molar-refractivity contribution in [3.8, 4) is 0 Å². The highest BCUT2D eigenvalue weighted by Crippen LogP contribution is 2.32. The standard InChI is InChI=1S/C15H28N2O2/c1-2-6-15(7-3-8-16-11-15)14(19)17-10-12-4-5-13(18)9-12/h12-13,16,18H,2-11H2,1H3,(H,17,19). The Kier molecular flexibility index (Phi) is 5.22. The first-order valence-corrected chi connectivity index (χ1v) is 7.83. The zero-order valence-corrected chi connectivity index (χ0v) is 12.1. The SMILES string of the molecule is CCCC1(C(=O)NCC2CCC(O)C2)CCCNC1. The van der Waals surface area contributed by atoms with Gasteiger partial charge in [0.25, 0.3) is 0 Å². The summed E-state index contributed by atoms with van der Waals surface area (Å²) in [5.41, 5.74) is -0.190. The average Bonchev–Trinajstić information content (AvgIpc) is 2.83. The van der Waals surface area contributed by atoms with Gasteiger partial charge >= 0.3 is 0 Å². The normalized spacial score (nSPS) is 35.3. The summed E-state index contributed by atoms with van der Waals surface area (Å²) >= 11 is 0. The highest BCUT2D eigenvalue weighted by atomic mass is 16.3. The van der Waals surface area contributed by atoms with Crippen molar-refractivity contribution in [2.24, 2.45) is 11.3 Å². The first kappa shape index (κ1) is 14.8. The molecule has 0 bridgehead atoms. The third-order valence-electron chi connectivity index (χ3n) is 4.75. The Morgan fingerprint density at radius 1 is 1.47 bits per heavy atom. The molecule has 3 N–H and O–H groups in total. The summed E-state index contributed by atoms with van der Waals surface area (Å²) in [4.78, 5) is 12.5. The van der Waals surface area contributed by atoms with E-state index in [0.29, 0.717) is 5.92 Å². The molecule has 110 valence electrons. The van der Waals surface area contributed by atoms with Gasteiger partial charge in [-0.1, -0.05) is 13.3 Å². The number of rotatable bonds is 5. The summed E-state index contributed by atoms with van der Waals surface area (Å²) in [5, 5.41) is 16.1. The van der Waals surface area contributed by atoms with Crippen LogP contribution in [-0.4, -0.2) is 36.8 Å². The van der Waals surface area contributed by atoms with Crippen molar-refractivity contribution in [1.82, 2.24) is 10.6 Å². The second-order valence-corrected chi connectivity index (χ2v) is 6.35. The number of carbonyl (C=O) groups excluding carboxylic acids is 1. The number of nitrogens with one attached hydrogen (secondary N) is 2. The highest BCUT2D eigenvalue weighted by Gasteiger charge is 2.38. The summed E-state index contributed by atoms with van der Waals surface area (Å²) in [6.07, 6.45) is 6.75. The van der Waals surface area contributed by atoms with Crippen LogP contribution in [0.25, 0.3) is 0 Å². The molecule has 0 aromatic rings. The number of aliphatic hydroxyl groups excluding tert-OH is 1. The summed E-state index contributed by atoms with van der Waals surface area (Å²) in [6.45, 7) is 4.74. The van der Waals surface area contributed by atoms with Crippen molar-refractivity contribution in [1.29, 1.82) is 0 Å². The fourth-order valence-electron chi connectivity index (χ4n) is 3.63. The van der Waals surface area contributed by atoms with E-state index in [1.165, 1.54) is 0 Å². The molecule has 3 unspecified atom stereocenters. The monoisotopic (exact) mass is 268 g/mol. The lowest BCUT2D eigenvalue weighted by atomic mass is 9.76. The van der Waals surface area contributed by atoms with E-state index in [1.54, 1.807) is 0 Å². The summed E-state index contributed by atoms with van der Waals surface area (Å²) < 4.78 is 0. The molecule has 1 amide bonds. The molecule has 1 aliphatic heterocycles. The maximum Gasteiger partial charge on any atom is 0.227 e. The van der Waals surface area contributed by atoms with Gasteiger partial charge in [0.05, 0.1) is 11.5 Å². The predicted molar refractivity (Wildman–Crippen MR) is 75.8 cm³/mol. The number of piperidine rings is 1. The molecule has 4 nitrogen and oxygen atoms in total. The van der Waals surface area contributed by atoms with Crippen LogP contribution in [0.4, 0.5) is 0 Å². The van der Waals surface area contributed by atoms with Crippen molar-refractivity contribution in [3.63, 3.8) is 0 Å². The molecular weight excluding hydrogens is 240 g/mol. The molecule has 2 fully saturated rings. The molecule has 2 rings (SSSR count). The summed E-state index contributed by atoms with van der Waals surface area (Å²) in [6, 6.07) is 0. The smallest absolute Gasteiger partial charge is 0.227 e. The Bertz CT molecular complexity index is 295. The van der Waals surface area contributed by atoms with E-state index in [9.17, 15) is 9.90 Å². The third kappa shape index (κ3) is 3.69. The first-order valence-electron chi connectivity index (χ1n) is 7.83. The Hall–Kier alpha value is -0.610. The Labute approximate surface area is 116 Å². The maximum absolute atomic E-state index is 12.5. The van der Waals surface area contributed by atoms with Crippen LogP contribution >= 0.6 is 0 Å². The van der Waals surface area contributed by atoms with Gasteiger partial charge in [-0.25, -0.2) is 0 Å². The zero-order chi connectivity index (χ0) is 13.7. The van der Waals surface area contributed by atoms with Crippen LogP contribution < -0.4 is 10.6 Å². The van der Waals surface area contributed by atoms with Crippen LogP contribution in [0, 0.1) is 11.3 Å². The van der Waals surface area contributed by atoms with Gasteiger partial charge in [0.1, 0.15) is 0 Å². The number of amides is 1. The molecule has 19 heavy (non-hydrogen) atoms. The van der Waals surface area contributed by atoms with Crippen molar-refractivity contribution in [2.75, 3.05) is 19.6 Å². The zero-order valence-electron chi connectivity index (χ0n) is 12.1. The van der Waals surface area contributed by atoms with Gasteiger partial charge in [-0.3, -0.25) is 4.79 Å². The van der Waals surface area contributed by atoms with E-state index in [1.807, 2.05) is 0 Å². The molecule has 0 radical (unpaired) electrons. The van der Waals surface area contributed by atoms with E-state index in [4.69, 9.17) is 0 Å². The quantitative estimate of drug-likeness (QED) is 0.707. The van der Waals surface area contributed by atoms with E-state index in [0.717, 1.165) is 64.6 Å². The molecule has 2 aliphatic rings. The van der Waals surface area contributed by atoms with Crippen LogP contribution in [0.5, 0.6) is 0 Å². The van der Waals surface area contributed by atoms with Crippen molar-refractivity contribution < 1.29 is 9.90 Å². The second-order valence-electron chi connectivity index (χ2n) is 6.35. The molecule has 0 spiro atoms. The Morgan fingerprint density at radius 2 is 2.32 bits per heavy atom. The largest absolute Gasteiger partial charge is 0.393 e. The van der Waals surface area contributed by atoms with Gasteiger partial charge in [-0.05, 0) is 51.0 Å². The minimum Gasteiger partial charge on any atom is -0.393 e. The van der Waals surface area contributed by atoms with Crippen LogP contribution in [0.15, 0.2) is 0 Å². The van der Waals surface area contributed by atoms with Gasteiger partial charge in [0.2, 0.25) is 5.91 Å². The summed E-state index contributed by atoms with van der Waals surface area (Å²) in [5.74, 6) is 0.692. The molecular formula is C15H28N2O2. The lowest BCUT2D eigenvalue weighted by Gasteiger charge is -2.36. The fraction of sp³-hybridized carbons (Fsp3) is 0.933. The molecule has 4 heteroatoms. The third-order valence-corrected chi connectivity index (χ3v) is 4.75. The number of carbonyl (C=O) groups is 1. The molecule has 0 aromatic carbocycles. The van der Waals surface area contributed by atoms with Gasteiger partial charge in [-0.15, -0.1) is 0 Å². The van der Waals surface area contributed by atoms with Crippen LogP contribution in [0.3, 0.4) is 0 Å². The van der Waals surface area contributed by atoms with Crippen molar-refractivity contribution in [3.05, 3.63) is 0 Å². The van der Waals surface area contributed by atoms with Crippen molar-refractivity contribution >= 4 is 5.91 Å². The first-order chi connectivity index (χ1) is 9.16. The van der Waals surface area contributed by atoms with Gasteiger partial charge in [0, 0.05) is 13.1 Å². The fourth-order valence-corrected chi connectivity index (χ4v) is 3.63. The van der Waals surface area contributed by atoms with Crippen LogP contribution in [0.1, 0.15) is 51.9 Å². The van der Waals surface area contributed by atoms with E-state index < -0.39 is 0 Å². The van der Waals surface area contributed by atoms with E-state index in [-0.39, 0.29) is 17.4 Å². The molecule has 1 saturated heterocycles. The van der Waals surface area contributed by atoms with Gasteiger partial charge < -0.3 is 15.7 Å². The number of hydrogen-bond acceptors (Lipinski definition) is 3. The minimum absolute atomic E-state index is 0.150.